The summed E-state index contributed by atoms with van der Waals surface area (Å²) in [5.41, 5.74) is 3.20. The van der Waals surface area contributed by atoms with Gasteiger partial charge in [0.2, 0.25) is 0 Å². The van der Waals surface area contributed by atoms with Crippen molar-refractivity contribution < 1.29 is 9.52 Å². The van der Waals surface area contributed by atoms with Crippen LogP contribution in [0, 0.1) is 6.92 Å². The lowest BCUT2D eigenvalue weighted by Crippen LogP contribution is -2.16. The van der Waals surface area contributed by atoms with Gasteiger partial charge in [-0.2, -0.15) is 0 Å². The number of furan rings is 1. The Kier molecular flexibility index (Phi) is 3.49. The minimum absolute atomic E-state index is 0.0913. The van der Waals surface area contributed by atoms with Crippen molar-refractivity contribution in [2.75, 3.05) is 11.9 Å². The Bertz CT molecular complexity index is 477. The van der Waals surface area contributed by atoms with Gasteiger partial charge in [0, 0.05) is 12.7 Å². The Hall–Kier alpha value is -1.74. The number of nitrogens with zero attached hydrogens (tertiary/aromatic N) is 1. The van der Waals surface area contributed by atoms with Gasteiger partial charge in [0.1, 0.15) is 5.76 Å². The van der Waals surface area contributed by atoms with Crippen LogP contribution in [0.3, 0.4) is 0 Å². The van der Waals surface area contributed by atoms with Gasteiger partial charge < -0.3 is 14.4 Å². The standard InChI is InChI=1S/C14H17NO2/c1-11-8-13(6-5-12(11)10-16)15(2)9-14-4-3-7-17-14/h3-8,16H,9-10H2,1-2H3. The maximum Gasteiger partial charge on any atom is 0.123 e. The summed E-state index contributed by atoms with van der Waals surface area (Å²) in [6.45, 7) is 2.84. The van der Waals surface area contributed by atoms with Crippen LogP contribution >= 0.6 is 0 Å². The van der Waals surface area contributed by atoms with Crippen LogP contribution in [-0.2, 0) is 13.2 Å². The first-order chi connectivity index (χ1) is 8.20. The Morgan fingerprint density at radius 2 is 2.12 bits per heavy atom. The van der Waals surface area contributed by atoms with Gasteiger partial charge in [-0.05, 0) is 42.3 Å². The first-order valence-electron chi connectivity index (χ1n) is 5.64. The van der Waals surface area contributed by atoms with Crippen LogP contribution in [0.15, 0.2) is 41.0 Å². The van der Waals surface area contributed by atoms with E-state index < -0.39 is 0 Å². The van der Waals surface area contributed by atoms with E-state index in [9.17, 15) is 0 Å². The molecule has 0 aliphatic rings. The number of aliphatic hydroxyl groups is 1. The molecule has 0 atom stereocenters. The molecule has 0 fully saturated rings. The summed E-state index contributed by atoms with van der Waals surface area (Å²) in [4.78, 5) is 2.12. The predicted octanol–water partition coefficient (Wildman–Crippen LogP) is 2.72. The molecule has 17 heavy (non-hydrogen) atoms. The third-order valence-electron chi connectivity index (χ3n) is 2.91. The van der Waals surface area contributed by atoms with Crippen LogP contribution in [0.1, 0.15) is 16.9 Å². The Morgan fingerprint density at radius 1 is 1.29 bits per heavy atom. The van der Waals surface area contributed by atoms with E-state index >= 15 is 0 Å². The first kappa shape index (κ1) is 11.7. The molecule has 1 N–H and O–H groups in total. The van der Waals surface area contributed by atoms with Crippen molar-refractivity contribution in [3.8, 4) is 0 Å². The van der Waals surface area contributed by atoms with E-state index in [4.69, 9.17) is 9.52 Å². The summed E-state index contributed by atoms with van der Waals surface area (Å²) < 4.78 is 5.32. The summed E-state index contributed by atoms with van der Waals surface area (Å²) in [6, 6.07) is 9.91. The lowest BCUT2D eigenvalue weighted by Gasteiger charge is -2.19. The molecule has 2 aromatic rings. The summed E-state index contributed by atoms with van der Waals surface area (Å²) in [6.07, 6.45) is 1.68. The van der Waals surface area contributed by atoms with Gasteiger partial charge in [0.15, 0.2) is 0 Å². The highest BCUT2D eigenvalue weighted by Crippen LogP contribution is 2.20. The SMILES string of the molecule is Cc1cc(N(C)Cc2ccco2)ccc1CO. The minimum Gasteiger partial charge on any atom is -0.467 e. The number of rotatable bonds is 4. The highest BCUT2D eigenvalue weighted by Gasteiger charge is 2.05. The molecule has 0 radical (unpaired) electrons. The molecular formula is C14H17NO2. The smallest absolute Gasteiger partial charge is 0.123 e. The molecule has 3 heteroatoms. The lowest BCUT2D eigenvalue weighted by atomic mass is 10.1. The van der Waals surface area contributed by atoms with Crippen LogP contribution in [0.4, 0.5) is 5.69 Å². The highest BCUT2D eigenvalue weighted by molar-refractivity contribution is 5.50. The number of benzene rings is 1. The fourth-order valence-corrected chi connectivity index (χ4v) is 1.82. The van der Waals surface area contributed by atoms with Crippen molar-refractivity contribution in [1.29, 1.82) is 0 Å². The van der Waals surface area contributed by atoms with E-state index in [1.165, 1.54) is 0 Å². The molecule has 0 saturated carbocycles. The van der Waals surface area contributed by atoms with Gasteiger partial charge in [0.05, 0.1) is 19.4 Å². The third-order valence-corrected chi connectivity index (χ3v) is 2.91. The predicted molar refractivity (Wildman–Crippen MR) is 67.9 cm³/mol. The van der Waals surface area contributed by atoms with Crippen LogP contribution in [-0.4, -0.2) is 12.2 Å². The molecule has 0 aliphatic carbocycles. The van der Waals surface area contributed by atoms with Gasteiger partial charge in [-0.3, -0.25) is 0 Å². The maximum atomic E-state index is 9.13. The number of aliphatic hydroxyl groups excluding tert-OH is 1. The topological polar surface area (TPSA) is 36.6 Å². The Labute approximate surface area is 101 Å². The Balaban J connectivity index is 2.14. The van der Waals surface area contributed by atoms with Gasteiger partial charge in [-0.25, -0.2) is 0 Å². The second-order valence-corrected chi connectivity index (χ2v) is 4.20. The van der Waals surface area contributed by atoms with Crippen molar-refractivity contribution in [1.82, 2.24) is 0 Å². The summed E-state index contributed by atoms with van der Waals surface area (Å²) >= 11 is 0. The van der Waals surface area contributed by atoms with E-state index in [-0.39, 0.29) is 6.61 Å². The zero-order valence-electron chi connectivity index (χ0n) is 10.2. The third kappa shape index (κ3) is 2.68. The molecule has 3 nitrogen and oxygen atoms in total. The molecule has 1 heterocycles. The molecule has 90 valence electrons. The van der Waals surface area contributed by atoms with Gasteiger partial charge in [-0.1, -0.05) is 6.07 Å². The molecule has 0 amide bonds. The number of aryl methyl sites for hydroxylation is 1. The van der Waals surface area contributed by atoms with Crippen molar-refractivity contribution >= 4 is 5.69 Å². The van der Waals surface area contributed by atoms with E-state index in [0.29, 0.717) is 0 Å². The largest absolute Gasteiger partial charge is 0.467 e. The molecular weight excluding hydrogens is 214 g/mol. The van der Waals surface area contributed by atoms with Gasteiger partial charge >= 0.3 is 0 Å². The fraction of sp³-hybridized carbons (Fsp3) is 0.286. The number of hydrogen-bond acceptors (Lipinski definition) is 3. The van der Waals surface area contributed by atoms with Gasteiger partial charge in [0.25, 0.3) is 0 Å². The quantitative estimate of drug-likeness (QED) is 0.879. The molecule has 2 rings (SSSR count). The van der Waals surface area contributed by atoms with E-state index in [2.05, 4.69) is 11.0 Å². The molecule has 0 saturated heterocycles. The van der Waals surface area contributed by atoms with Crippen LogP contribution < -0.4 is 4.90 Å². The molecule has 0 unspecified atom stereocenters. The van der Waals surface area contributed by atoms with E-state index in [0.717, 1.165) is 29.1 Å². The number of anilines is 1. The maximum absolute atomic E-state index is 9.13. The zero-order valence-corrected chi connectivity index (χ0v) is 10.2. The van der Waals surface area contributed by atoms with Gasteiger partial charge in [-0.15, -0.1) is 0 Å². The summed E-state index contributed by atoms with van der Waals surface area (Å²) in [5.74, 6) is 0.941. The van der Waals surface area contributed by atoms with Crippen molar-refractivity contribution in [2.24, 2.45) is 0 Å². The van der Waals surface area contributed by atoms with Crippen LogP contribution in [0.25, 0.3) is 0 Å². The van der Waals surface area contributed by atoms with E-state index in [1.54, 1.807) is 6.26 Å². The zero-order chi connectivity index (χ0) is 12.3. The molecule has 0 bridgehead atoms. The Morgan fingerprint density at radius 3 is 2.71 bits per heavy atom. The highest BCUT2D eigenvalue weighted by atomic mass is 16.3. The molecule has 1 aromatic heterocycles. The van der Waals surface area contributed by atoms with Crippen LogP contribution in [0.5, 0.6) is 0 Å². The average molecular weight is 231 g/mol. The number of hydrogen-bond donors (Lipinski definition) is 1. The fourth-order valence-electron chi connectivity index (χ4n) is 1.82. The monoisotopic (exact) mass is 231 g/mol. The average Bonchev–Trinajstić information content (AvgIpc) is 2.81. The van der Waals surface area contributed by atoms with Crippen molar-refractivity contribution in [3.63, 3.8) is 0 Å². The summed E-state index contributed by atoms with van der Waals surface area (Å²) in [5, 5.41) is 9.13. The minimum atomic E-state index is 0.0913. The molecule has 0 spiro atoms. The first-order valence-corrected chi connectivity index (χ1v) is 5.64. The van der Waals surface area contributed by atoms with Crippen LogP contribution in [0.2, 0.25) is 0 Å². The second kappa shape index (κ2) is 5.06. The lowest BCUT2D eigenvalue weighted by molar-refractivity contribution is 0.281. The normalized spacial score (nSPS) is 10.5. The van der Waals surface area contributed by atoms with Crippen molar-refractivity contribution in [2.45, 2.75) is 20.1 Å². The summed E-state index contributed by atoms with van der Waals surface area (Å²) in [7, 11) is 2.02. The molecule has 0 aliphatic heterocycles. The van der Waals surface area contributed by atoms with Crippen molar-refractivity contribution in [3.05, 3.63) is 53.5 Å². The molecule has 1 aromatic carbocycles. The second-order valence-electron chi connectivity index (χ2n) is 4.20. The van der Waals surface area contributed by atoms with E-state index in [1.807, 2.05) is 38.2 Å².